The van der Waals surface area contributed by atoms with Crippen molar-refractivity contribution in [2.24, 2.45) is 4.99 Å². The van der Waals surface area contributed by atoms with Gasteiger partial charge in [-0.1, -0.05) is 6.07 Å². The number of aliphatic imine (C=N–C) groups is 1. The van der Waals surface area contributed by atoms with E-state index in [4.69, 9.17) is 0 Å². The van der Waals surface area contributed by atoms with Crippen LogP contribution in [0.3, 0.4) is 0 Å². The lowest BCUT2D eigenvalue weighted by Gasteiger charge is -1.91. The van der Waals surface area contributed by atoms with Crippen molar-refractivity contribution in [1.82, 2.24) is 9.97 Å². The topological polar surface area (TPSA) is 38.1 Å². The van der Waals surface area contributed by atoms with Crippen LogP contribution in [0.15, 0.2) is 47.6 Å². The van der Waals surface area contributed by atoms with E-state index in [2.05, 4.69) is 32.3 Å². The van der Waals surface area contributed by atoms with E-state index >= 15 is 0 Å². The molecule has 0 radical (unpaired) electrons. The zero-order valence-corrected chi connectivity index (χ0v) is 10.8. The molecule has 0 aliphatic carbocycles. The van der Waals surface area contributed by atoms with Gasteiger partial charge in [0.15, 0.2) is 0 Å². The molecular formula is C13H7N3S2. The van der Waals surface area contributed by atoms with Gasteiger partial charge in [0.1, 0.15) is 5.01 Å². The molecule has 3 nitrogen and oxygen atoms in total. The van der Waals surface area contributed by atoms with Crippen LogP contribution in [0.2, 0.25) is 0 Å². The molecule has 86 valence electrons. The van der Waals surface area contributed by atoms with Crippen LogP contribution >= 0.6 is 23.6 Å². The van der Waals surface area contributed by atoms with Gasteiger partial charge >= 0.3 is 0 Å². The quantitative estimate of drug-likeness (QED) is 0.519. The molecule has 0 bridgehead atoms. The van der Waals surface area contributed by atoms with Crippen molar-refractivity contribution < 1.29 is 0 Å². The Bertz CT molecular complexity index is 743. The Balaban J connectivity index is 2.14. The highest BCUT2D eigenvalue weighted by atomic mass is 32.1. The number of pyridine rings is 1. The molecule has 1 aromatic carbocycles. The van der Waals surface area contributed by atoms with E-state index in [0.29, 0.717) is 0 Å². The molecule has 2 heterocycles. The lowest BCUT2D eigenvalue weighted by molar-refractivity contribution is 1.31. The second kappa shape index (κ2) is 4.74. The van der Waals surface area contributed by atoms with Crippen LogP contribution in [0.25, 0.3) is 20.9 Å². The summed E-state index contributed by atoms with van der Waals surface area (Å²) < 4.78 is 1.07. The molecule has 3 aromatic rings. The van der Waals surface area contributed by atoms with Gasteiger partial charge in [0, 0.05) is 6.20 Å². The number of hydrogen-bond acceptors (Lipinski definition) is 5. The third-order valence-electron chi connectivity index (χ3n) is 2.43. The van der Waals surface area contributed by atoms with Gasteiger partial charge in [-0.15, -0.1) is 11.3 Å². The molecule has 2 aromatic heterocycles. The van der Waals surface area contributed by atoms with Crippen molar-refractivity contribution in [3.8, 4) is 10.7 Å². The molecule has 5 heteroatoms. The SMILES string of the molecule is S=C=Nc1ccc2nc(-c3ccccn3)sc2c1. The fraction of sp³-hybridized carbons (Fsp3) is 0. The number of isothiocyanates is 1. The number of aromatic nitrogens is 2. The summed E-state index contributed by atoms with van der Waals surface area (Å²) >= 11 is 6.19. The maximum absolute atomic E-state index is 4.60. The monoisotopic (exact) mass is 269 g/mol. The van der Waals surface area contributed by atoms with Crippen molar-refractivity contribution in [3.63, 3.8) is 0 Å². The van der Waals surface area contributed by atoms with E-state index < -0.39 is 0 Å². The minimum absolute atomic E-state index is 0.800. The molecule has 18 heavy (non-hydrogen) atoms. The molecule has 0 aliphatic rings. The number of thiocarbonyl (C=S) groups is 1. The highest BCUT2D eigenvalue weighted by Gasteiger charge is 2.07. The Morgan fingerprint density at radius 2 is 2.17 bits per heavy atom. The van der Waals surface area contributed by atoms with Gasteiger partial charge in [0.05, 0.1) is 26.8 Å². The molecule has 0 saturated heterocycles. The molecule has 0 aliphatic heterocycles. The minimum Gasteiger partial charge on any atom is -0.254 e. The highest BCUT2D eigenvalue weighted by molar-refractivity contribution is 7.78. The third-order valence-corrected chi connectivity index (χ3v) is 3.56. The van der Waals surface area contributed by atoms with Gasteiger partial charge in [-0.2, -0.15) is 4.99 Å². The fourth-order valence-corrected chi connectivity index (χ4v) is 2.72. The number of rotatable bonds is 2. The standard InChI is InChI=1S/C13H7N3S2/c17-8-15-9-4-5-10-12(7-9)18-13(16-10)11-3-1-2-6-14-11/h1-7H. The van der Waals surface area contributed by atoms with Gasteiger partial charge in [-0.25, -0.2) is 4.98 Å². The number of benzene rings is 1. The van der Waals surface area contributed by atoms with Crippen LogP contribution in [0.4, 0.5) is 5.69 Å². The molecule has 0 amide bonds. The van der Waals surface area contributed by atoms with E-state index in [9.17, 15) is 0 Å². The van der Waals surface area contributed by atoms with Crippen LogP contribution in [0, 0.1) is 0 Å². The first-order chi connectivity index (χ1) is 8.86. The third kappa shape index (κ3) is 2.07. The normalized spacial score (nSPS) is 10.2. The van der Waals surface area contributed by atoms with Crippen molar-refractivity contribution in [1.29, 1.82) is 0 Å². The second-order valence-electron chi connectivity index (χ2n) is 3.59. The van der Waals surface area contributed by atoms with Crippen LogP contribution in [0.1, 0.15) is 0 Å². The zero-order valence-electron chi connectivity index (χ0n) is 9.20. The summed E-state index contributed by atoms with van der Waals surface area (Å²) in [6, 6.07) is 11.6. The summed E-state index contributed by atoms with van der Waals surface area (Å²) in [5.74, 6) is 0. The van der Waals surface area contributed by atoms with Crippen LogP contribution in [-0.2, 0) is 0 Å². The van der Waals surface area contributed by atoms with E-state index in [1.165, 1.54) is 0 Å². The Kier molecular flexibility index (Phi) is 2.94. The van der Waals surface area contributed by atoms with Gasteiger partial charge in [0.25, 0.3) is 0 Å². The van der Waals surface area contributed by atoms with Crippen LogP contribution in [0.5, 0.6) is 0 Å². The average molecular weight is 269 g/mol. The first kappa shape index (κ1) is 11.2. The first-order valence-electron chi connectivity index (χ1n) is 5.27. The highest BCUT2D eigenvalue weighted by Crippen LogP contribution is 2.31. The molecule has 0 atom stereocenters. The summed E-state index contributed by atoms with van der Waals surface area (Å²) in [6.45, 7) is 0. The Labute approximate surface area is 113 Å². The molecule has 0 fully saturated rings. The van der Waals surface area contributed by atoms with E-state index in [1.54, 1.807) is 17.5 Å². The van der Waals surface area contributed by atoms with Crippen LogP contribution < -0.4 is 0 Å². The van der Waals surface area contributed by atoms with Crippen molar-refractivity contribution in [3.05, 3.63) is 42.6 Å². The number of thiazole rings is 1. The molecule has 3 rings (SSSR count). The van der Waals surface area contributed by atoms with Crippen molar-refractivity contribution >= 4 is 44.6 Å². The van der Waals surface area contributed by atoms with Gasteiger partial charge in [-0.3, -0.25) is 4.98 Å². The zero-order chi connectivity index (χ0) is 12.4. The number of hydrogen-bond donors (Lipinski definition) is 0. The Morgan fingerprint density at radius 1 is 1.22 bits per heavy atom. The predicted octanol–water partition coefficient (Wildman–Crippen LogP) is 4.09. The van der Waals surface area contributed by atoms with Gasteiger partial charge < -0.3 is 0 Å². The van der Waals surface area contributed by atoms with E-state index in [1.807, 2.05) is 36.4 Å². The summed E-state index contributed by atoms with van der Waals surface area (Å²) in [6.07, 6.45) is 1.77. The Morgan fingerprint density at radius 3 is 2.94 bits per heavy atom. The molecule has 0 spiro atoms. The van der Waals surface area contributed by atoms with Crippen molar-refractivity contribution in [2.75, 3.05) is 0 Å². The first-order valence-corrected chi connectivity index (χ1v) is 6.49. The predicted molar refractivity (Wildman–Crippen MR) is 77.5 cm³/mol. The maximum atomic E-state index is 4.60. The maximum Gasteiger partial charge on any atom is 0.143 e. The smallest absolute Gasteiger partial charge is 0.143 e. The number of fused-ring (bicyclic) bond motifs is 1. The largest absolute Gasteiger partial charge is 0.254 e. The lowest BCUT2D eigenvalue weighted by Crippen LogP contribution is -1.78. The molecular weight excluding hydrogens is 262 g/mol. The van der Waals surface area contributed by atoms with Gasteiger partial charge in [-0.05, 0) is 42.5 Å². The molecule has 0 saturated carbocycles. The molecule has 0 N–H and O–H groups in total. The minimum atomic E-state index is 0.800. The summed E-state index contributed by atoms with van der Waals surface area (Å²) in [4.78, 5) is 12.8. The summed E-state index contributed by atoms with van der Waals surface area (Å²) in [5, 5.41) is 3.28. The summed E-state index contributed by atoms with van der Waals surface area (Å²) in [7, 11) is 0. The van der Waals surface area contributed by atoms with Crippen molar-refractivity contribution in [2.45, 2.75) is 0 Å². The molecule has 0 unspecified atom stereocenters. The summed E-state index contributed by atoms with van der Waals surface area (Å²) in [5.41, 5.74) is 2.64. The van der Waals surface area contributed by atoms with Gasteiger partial charge in [0.2, 0.25) is 0 Å². The number of nitrogens with zero attached hydrogens (tertiary/aromatic N) is 3. The fourth-order valence-electron chi connectivity index (χ4n) is 1.63. The van der Waals surface area contributed by atoms with Crippen LogP contribution in [-0.4, -0.2) is 15.1 Å². The van der Waals surface area contributed by atoms with E-state index in [0.717, 1.165) is 26.6 Å². The average Bonchev–Trinajstić information content (AvgIpc) is 2.83. The van der Waals surface area contributed by atoms with E-state index in [-0.39, 0.29) is 0 Å². The Hall–Kier alpha value is -1.94. The lowest BCUT2D eigenvalue weighted by atomic mass is 10.3. The second-order valence-corrected chi connectivity index (χ2v) is 4.80.